The van der Waals surface area contributed by atoms with Crippen LogP contribution in [0.25, 0.3) is 0 Å². The lowest BCUT2D eigenvalue weighted by molar-refractivity contribution is -0.151. The highest BCUT2D eigenvalue weighted by atomic mass is 16.7. The van der Waals surface area contributed by atoms with E-state index in [1.165, 1.54) is 0 Å². The van der Waals surface area contributed by atoms with Crippen LogP contribution in [0.15, 0.2) is 30.3 Å². The standard InChI is InChI=1S/C18H26N2O4/c1-13-11-19(24-16(21)15-9-7-6-8-10-15)12-14(2)20(13)17(22)23-18(3,4)5/h6-10,13-14H,11-12H2,1-5H3/t13-,14+. The minimum atomic E-state index is -0.534. The molecule has 2 atom stereocenters. The average Bonchev–Trinajstić information content (AvgIpc) is 2.45. The number of carbonyl (C=O) groups is 2. The topological polar surface area (TPSA) is 59.1 Å². The molecule has 2 rings (SSSR count). The van der Waals surface area contributed by atoms with Gasteiger partial charge in [0.15, 0.2) is 0 Å². The number of nitrogens with zero attached hydrogens (tertiary/aromatic N) is 2. The van der Waals surface area contributed by atoms with Crippen molar-refractivity contribution in [1.82, 2.24) is 9.96 Å². The van der Waals surface area contributed by atoms with Crippen molar-refractivity contribution in [3.63, 3.8) is 0 Å². The Morgan fingerprint density at radius 2 is 1.58 bits per heavy atom. The van der Waals surface area contributed by atoms with E-state index < -0.39 is 5.60 Å². The quantitative estimate of drug-likeness (QED) is 0.832. The summed E-state index contributed by atoms with van der Waals surface area (Å²) in [6.45, 7) is 10.3. The van der Waals surface area contributed by atoms with Crippen LogP contribution in [0.3, 0.4) is 0 Å². The minimum Gasteiger partial charge on any atom is -0.444 e. The molecule has 6 heteroatoms. The van der Waals surface area contributed by atoms with Crippen molar-refractivity contribution in [3.05, 3.63) is 35.9 Å². The summed E-state index contributed by atoms with van der Waals surface area (Å²) in [5, 5.41) is 1.62. The molecule has 1 fully saturated rings. The SMILES string of the molecule is C[C@@H]1CN(OC(=O)c2ccccc2)C[C@H](C)N1C(=O)OC(C)(C)C. The lowest BCUT2D eigenvalue weighted by Crippen LogP contribution is -2.59. The number of hydrogen-bond acceptors (Lipinski definition) is 5. The van der Waals surface area contributed by atoms with Crippen molar-refractivity contribution < 1.29 is 19.2 Å². The van der Waals surface area contributed by atoms with E-state index in [0.29, 0.717) is 18.7 Å². The fraction of sp³-hybridized carbons (Fsp3) is 0.556. The minimum absolute atomic E-state index is 0.118. The largest absolute Gasteiger partial charge is 0.444 e. The maximum Gasteiger partial charge on any atom is 0.410 e. The first-order chi connectivity index (χ1) is 11.2. The Bertz CT molecular complexity index is 570. The highest BCUT2D eigenvalue weighted by Crippen LogP contribution is 2.20. The molecule has 0 N–H and O–H groups in total. The van der Waals surface area contributed by atoms with Gasteiger partial charge >= 0.3 is 12.1 Å². The van der Waals surface area contributed by atoms with E-state index in [0.717, 1.165) is 0 Å². The molecule has 1 aromatic carbocycles. The molecule has 1 aromatic rings. The highest BCUT2D eigenvalue weighted by Gasteiger charge is 2.37. The summed E-state index contributed by atoms with van der Waals surface area (Å²) in [6.07, 6.45) is -0.337. The Kier molecular flexibility index (Phi) is 5.49. The van der Waals surface area contributed by atoms with Crippen LogP contribution in [0, 0.1) is 0 Å². The summed E-state index contributed by atoms with van der Waals surface area (Å²) in [5.74, 6) is -0.388. The van der Waals surface area contributed by atoms with Gasteiger partial charge in [-0.2, -0.15) is 0 Å². The number of ether oxygens (including phenoxy) is 1. The van der Waals surface area contributed by atoms with Gasteiger partial charge in [-0.3, -0.25) is 4.90 Å². The van der Waals surface area contributed by atoms with Gasteiger partial charge in [0, 0.05) is 12.1 Å². The van der Waals surface area contributed by atoms with Gasteiger partial charge in [-0.15, -0.1) is 5.06 Å². The second-order valence-electron chi connectivity index (χ2n) is 7.18. The highest BCUT2D eigenvalue weighted by molar-refractivity contribution is 5.89. The molecule has 1 saturated heterocycles. The van der Waals surface area contributed by atoms with E-state index in [2.05, 4.69) is 0 Å². The van der Waals surface area contributed by atoms with Crippen LogP contribution in [0.2, 0.25) is 0 Å². The number of rotatable bonds is 2. The van der Waals surface area contributed by atoms with Crippen LogP contribution in [0.1, 0.15) is 45.0 Å². The number of benzene rings is 1. The van der Waals surface area contributed by atoms with Gasteiger partial charge in [-0.05, 0) is 46.8 Å². The van der Waals surface area contributed by atoms with Crippen molar-refractivity contribution >= 4 is 12.1 Å². The number of hydrogen-bond donors (Lipinski definition) is 0. The molecule has 0 radical (unpaired) electrons. The van der Waals surface area contributed by atoms with Crippen molar-refractivity contribution in [2.75, 3.05) is 13.1 Å². The van der Waals surface area contributed by atoms with E-state index in [1.54, 1.807) is 34.2 Å². The molecular weight excluding hydrogens is 308 g/mol. The summed E-state index contributed by atoms with van der Waals surface area (Å²) >= 11 is 0. The van der Waals surface area contributed by atoms with Gasteiger partial charge in [0.2, 0.25) is 0 Å². The maximum atomic E-state index is 12.4. The molecule has 0 bridgehead atoms. The second-order valence-corrected chi connectivity index (χ2v) is 7.18. The smallest absolute Gasteiger partial charge is 0.410 e. The molecule has 132 valence electrons. The molecule has 1 amide bonds. The lowest BCUT2D eigenvalue weighted by Gasteiger charge is -2.43. The third-order valence-corrected chi connectivity index (χ3v) is 3.71. The van der Waals surface area contributed by atoms with E-state index >= 15 is 0 Å². The Morgan fingerprint density at radius 1 is 1.04 bits per heavy atom. The van der Waals surface area contributed by atoms with Crippen LogP contribution in [-0.2, 0) is 9.57 Å². The Labute approximate surface area is 143 Å². The van der Waals surface area contributed by atoms with Crippen LogP contribution in [0.5, 0.6) is 0 Å². The van der Waals surface area contributed by atoms with Crippen molar-refractivity contribution in [2.45, 2.75) is 52.3 Å². The first-order valence-electron chi connectivity index (χ1n) is 8.21. The van der Waals surface area contributed by atoms with Gasteiger partial charge in [-0.25, -0.2) is 9.59 Å². The molecule has 0 aliphatic carbocycles. The van der Waals surface area contributed by atoms with E-state index in [9.17, 15) is 9.59 Å². The second kappa shape index (κ2) is 7.21. The Balaban J connectivity index is 1.97. The van der Waals surface area contributed by atoms with Crippen LogP contribution < -0.4 is 0 Å². The molecule has 1 aliphatic rings. The van der Waals surface area contributed by atoms with Crippen molar-refractivity contribution in [1.29, 1.82) is 0 Å². The van der Waals surface area contributed by atoms with Gasteiger partial charge in [0.25, 0.3) is 0 Å². The zero-order valence-corrected chi connectivity index (χ0v) is 15.0. The van der Waals surface area contributed by atoms with Gasteiger partial charge < -0.3 is 9.57 Å². The van der Waals surface area contributed by atoms with Gasteiger partial charge in [0.05, 0.1) is 18.7 Å². The zero-order chi connectivity index (χ0) is 17.9. The predicted molar refractivity (Wildman–Crippen MR) is 90.4 cm³/mol. The van der Waals surface area contributed by atoms with Gasteiger partial charge in [0.1, 0.15) is 5.60 Å². The predicted octanol–water partition coefficient (Wildman–Crippen LogP) is 3.09. The molecule has 0 aromatic heterocycles. The van der Waals surface area contributed by atoms with Crippen LogP contribution in [0.4, 0.5) is 4.79 Å². The van der Waals surface area contributed by atoms with E-state index in [-0.39, 0.29) is 24.1 Å². The molecule has 0 unspecified atom stereocenters. The first-order valence-corrected chi connectivity index (χ1v) is 8.21. The monoisotopic (exact) mass is 334 g/mol. The van der Waals surface area contributed by atoms with Crippen LogP contribution in [-0.4, -0.2) is 52.8 Å². The molecule has 24 heavy (non-hydrogen) atoms. The summed E-state index contributed by atoms with van der Waals surface area (Å²) in [4.78, 5) is 31.7. The summed E-state index contributed by atoms with van der Waals surface area (Å²) in [6, 6.07) is 8.63. The molecule has 0 saturated carbocycles. The number of hydroxylamine groups is 2. The summed E-state index contributed by atoms with van der Waals surface area (Å²) < 4.78 is 5.46. The van der Waals surface area contributed by atoms with Crippen molar-refractivity contribution in [3.8, 4) is 0 Å². The zero-order valence-electron chi connectivity index (χ0n) is 15.0. The Morgan fingerprint density at radius 3 is 2.08 bits per heavy atom. The molecule has 0 spiro atoms. The third-order valence-electron chi connectivity index (χ3n) is 3.71. The molecule has 1 heterocycles. The molecular formula is C18H26N2O4. The van der Waals surface area contributed by atoms with E-state index in [4.69, 9.17) is 9.57 Å². The summed E-state index contributed by atoms with van der Waals surface area (Å²) in [5.41, 5.74) is -0.0275. The number of carbonyl (C=O) groups excluding carboxylic acids is 2. The number of amides is 1. The number of piperazine rings is 1. The third kappa shape index (κ3) is 4.71. The van der Waals surface area contributed by atoms with E-state index in [1.807, 2.05) is 40.7 Å². The lowest BCUT2D eigenvalue weighted by atomic mass is 10.1. The van der Waals surface area contributed by atoms with Crippen molar-refractivity contribution in [2.24, 2.45) is 0 Å². The molecule has 1 aliphatic heterocycles. The maximum absolute atomic E-state index is 12.4. The first kappa shape index (κ1) is 18.3. The fourth-order valence-electron chi connectivity index (χ4n) is 2.77. The Hall–Kier alpha value is -2.08. The average molecular weight is 334 g/mol. The van der Waals surface area contributed by atoms with Crippen LogP contribution >= 0.6 is 0 Å². The fourth-order valence-corrected chi connectivity index (χ4v) is 2.77. The van der Waals surface area contributed by atoms with Gasteiger partial charge in [-0.1, -0.05) is 18.2 Å². The summed E-state index contributed by atoms with van der Waals surface area (Å²) in [7, 11) is 0. The molecule has 6 nitrogen and oxygen atoms in total. The normalized spacial score (nSPS) is 22.1.